The van der Waals surface area contributed by atoms with Gasteiger partial charge in [0.25, 0.3) is 0 Å². The molecule has 0 aliphatic heterocycles. The lowest BCUT2D eigenvalue weighted by atomic mass is 9.90. The number of carbonyl (C=O) groups is 1. The number of aliphatic hydroxyl groups is 1. The topological polar surface area (TPSA) is 37.3 Å². The van der Waals surface area contributed by atoms with Crippen LogP contribution in [0, 0.1) is 5.92 Å². The van der Waals surface area contributed by atoms with E-state index >= 15 is 0 Å². The number of rotatable bonds is 7. The molecule has 1 atom stereocenters. The van der Waals surface area contributed by atoms with Gasteiger partial charge in [0.05, 0.1) is 5.60 Å². The molecule has 0 radical (unpaired) electrons. The lowest BCUT2D eigenvalue weighted by Crippen LogP contribution is -2.19. The van der Waals surface area contributed by atoms with Crippen LogP contribution in [0.4, 0.5) is 0 Å². The van der Waals surface area contributed by atoms with Crippen molar-refractivity contribution in [3.8, 4) is 0 Å². The minimum atomic E-state index is -0.430. The van der Waals surface area contributed by atoms with Crippen molar-refractivity contribution in [3.05, 3.63) is 35.9 Å². The molecule has 1 saturated carbocycles. The summed E-state index contributed by atoms with van der Waals surface area (Å²) in [5.41, 5.74) is 0.659. The summed E-state index contributed by atoms with van der Waals surface area (Å²) >= 11 is 0. The molecule has 98 valence electrons. The number of carbonyl (C=O) groups excluding carboxylic acids is 1. The number of benzene rings is 1. The molecule has 1 fully saturated rings. The van der Waals surface area contributed by atoms with Gasteiger partial charge in [-0.05, 0) is 37.7 Å². The summed E-state index contributed by atoms with van der Waals surface area (Å²) in [6.07, 6.45) is 4.84. The SMILES string of the molecule is CCC(CCC1(O)CC1)C(=O)Cc1ccccc1. The molecule has 2 heteroatoms. The molecule has 1 N–H and O–H groups in total. The number of hydrogen-bond acceptors (Lipinski definition) is 2. The van der Waals surface area contributed by atoms with Crippen molar-refractivity contribution in [1.82, 2.24) is 0 Å². The van der Waals surface area contributed by atoms with Crippen molar-refractivity contribution in [2.24, 2.45) is 5.92 Å². The quantitative estimate of drug-likeness (QED) is 0.802. The van der Waals surface area contributed by atoms with Crippen LogP contribution in [0.2, 0.25) is 0 Å². The molecule has 1 aliphatic carbocycles. The smallest absolute Gasteiger partial charge is 0.140 e. The van der Waals surface area contributed by atoms with Crippen molar-refractivity contribution in [2.75, 3.05) is 0 Å². The van der Waals surface area contributed by atoms with Gasteiger partial charge in [-0.2, -0.15) is 0 Å². The predicted octanol–water partition coefficient (Wildman–Crippen LogP) is 3.13. The summed E-state index contributed by atoms with van der Waals surface area (Å²) in [5, 5.41) is 9.83. The Kier molecular flexibility index (Phi) is 4.18. The van der Waals surface area contributed by atoms with E-state index in [1.807, 2.05) is 30.3 Å². The third-order valence-corrected chi connectivity index (χ3v) is 3.95. The van der Waals surface area contributed by atoms with E-state index in [0.29, 0.717) is 12.2 Å². The van der Waals surface area contributed by atoms with Gasteiger partial charge in [-0.1, -0.05) is 37.3 Å². The second-order valence-electron chi connectivity index (χ2n) is 5.50. The highest BCUT2D eigenvalue weighted by Crippen LogP contribution is 2.40. The van der Waals surface area contributed by atoms with Crippen LogP contribution in [0.1, 0.15) is 44.6 Å². The van der Waals surface area contributed by atoms with Crippen LogP contribution < -0.4 is 0 Å². The van der Waals surface area contributed by atoms with Crippen LogP contribution in [-0.2, 0) is 11.2 Å². The molecule has 1 aromatic rings. The average Bonchev–Trinajstić information content (AvgIpc) is 3.09. The van der Waals surface area contributed by atoms with E-state index in [2.05, 4.69) is 6.92 Å². The lowest BCUT2D eigenvalue weighted by molar-refractivity contribution is -0.122. The molecule has 0 amide bonds. The van der Waals surface area contributed by atoms with Crippen molar-refractivity contribution in [1.29, 1.82) is 0 Å². The van der Waals surface area contributed by atoms with Crippen LogP contribution in [-0.4, -0.2) is 16.5 Å². The van der Waals surface area contributed by atoms with Gasteiger partial charge >= 0.3 is 0 Å². The first-order valence-electron chi connectivity index (χ1n) is 6.92. The molecule has 2 rings (SSSR count). The van der Waals surface area contributed by atoms with Gasteiger partial charge in [0.1, 0.15) is 5.78 Å². The van der Waals surface area contributed by atoms with Crippen LogP contribution in [0.5, 0.6) is 0 Å². The minimum Gasteiger partial charge on any atom is -0.390 e. The second kappa shape index (κ2) is 5.66. The van der Waals surface area contributed by atoms with Crippen molar-refractivity contribution < 1.29 is 9.90 Å². The maximum absolute atomic E-state index is 12.2. The Labute approximate surface area is 109 Å². The molecule has 18 heavy (non-hydrogen) atoms. The van der Waals surface area contributed by atoms with Crippen LogP contribution >= 0.6 is 0 Å². The number of ketones is 1. The van der Waals surface area contributed by atoms with Crippen molar-refractivity contribution in [2.45, 2.75) is 51.0 Å². The maximum atomic E-state index is 12.2. The summed E-state index contributed by atoms with van der Waals surface area (Å²) in [6, 6.07) is 9.90. The standard InChI is InChI=1S/C16H22O2/c1-2-14(8-9-16(18)10-11-16)15(17)12-13-6-4-3-5-7-13/h3-7,14,18H,2,8-12H2,1H3. The highest BCUT2D eigenvalue weighted by Gasteiger charge is 2.40. The van der Waals surface area contributed by atoms with Gasteiger partial charge in [-0.3, -0.25) is 4.79 Å². The Morgan fingerprint density at radius 2 is 2.00 bits per heavy atom. The zero-order chi connectivity index (χ0) is 13.0. The number of Topliss-reactive ketones (excluding diaryl/α,β-unsaturated/α-hetero) is 1. The Morgan fingerprint density at radius 1 is 1.33 bits per heavy atom. The van der Waals surface area contributed by atoms with Gasteiger partial charge < -0.3 is 5.11 Å². The Balaban J connectivity index is 1.85. The summed E-state index contributed by atoms with van der Waals surface area (Å²) in [7, 11) is 0. The van der Waals surface area contributed by atoms with E-state index in [9.17, 15) is 9.90 Å². The monoisotopic (exact) mass is 246 g/mol. The highest BCUT2D eigenvalue weighted by molar-refractivity contribution is 5.83. The fourth-order valence-electron chi connectivity index (χ4n) is 2.37. The molecule has 0 heterocycles. The third kappa shape index (κ3) is 3.67. The van der Waals surface area contributed by atoms with Crippen molar-refractivity contribution in [3.63, 3.8) is 0 Å². The van der Waals surface area contributed by atoms with E-state index in [4.69, 9.17) is 0 Å². The molecule has 1 aliphatic rings. The first kappa shape index (κ1) is 13.3. The van der Waals surface area contributed by atoms with Gasteiger partial charge in [0, 0.05) is 12.3 Å². The van der Waals surface area contributed by atoms with E-state index in [1.54, 1.807) is 0 Å². The molecule has 0 bridgehead atoms. The summed E-state index contributed by atoms with van der Waals surface area (Å²) in [6.45, 7) is 2.06. The second-order valence-corrected chi connectivity index (χ2v) is 5.50. The normalized spacial score (nSPS) is 18.3. The first-order chi connectivity index (χ1) is 8.63. The minimum absolute atomic E-state index is 0.106. The fraction of sp³-hybridized carbons (Fsp3) is 0.562. The lowest BCUT2D eigenvalue weighted by Gasteiger charge is -2.15. The first-order valence-corrected chi connectivity index (χ1v) is 6.92. The Bertz CT molecular complexity index is 393. The summed E-state index contributed by atoms with van der Waals surface area (Å²) in [5.74, 6) is 0.419. The summed E-state index contributed by atoms with van der Waals surface area (Å²) < 4.78 is 0. The van der Waals surface area contributed by atoms with Crippen LogP contribution in [0.25, 0.3) is 0 Å². The van der Waals surface area contributed by atoms with E-state index in [1.165, 1.54) is 0 Å². The molecule has 2 nitrogen and oxygen atoms in total. The molecular weight excluding hydrogens is 224 g/mol. The van der Waals surface area contributed by atoms with Gasteiger partial charge in [-0.25, -0.2) is 0 Å². The van der Waals surface area contributed by atoms with Crippen molar-refractivity contribution >= 4 is 5.78 Å². The molecule has 0 saturated heterocycles. The average molecular weight is 246 g/mol. The molecular formula is C16H22O2. The Hall–Kier alpha value is -1.15. The third-order valence-electron chi connectivity index (χ3n) is 3.95. The molecule has 1 aromatic carbocycles. The van der Waals surface area contributed by atoms with E-state index in [0.717, 1.165) is 37.7 Å². The fourth-order valence-corrected chi connectivity index (χ4v) is 2.37. The largest absolute Gasteiger partial charge is 0.390 e. The Morgan fingerprint density at radius 3 is 2.56 bits per heavy atom. The van der Waals surface area contributed by atoms with E-state index in [-0.39, 0.29) is 5.92 Å². The zero-order valence-electron chi connectivity index (χ0n) is 11.1. The number of hydrogen-bond donors (Lipinski definition) is 1. The molecule has 0 aromatic heterocycles. The van der Waals surface area contributed by atoms with Crippen LogP contribution in [0.15, 0.2) is 30.3 Å². The van der Waals surface area contributed by atoms with Crippen LogP contribution in [0.3, 0.4) is 0 Å². The van der Waals surface area contributed by atoms with E-state index < -0.39 is 5.60 Å². The molecule has 0 spiro atoms. The summed E-state index contributed by atoms with van der Waals surface area (Å²) in [4.78, 5) is 12.2. The maximum Gasteiger partial charge on any atom is 0.140 e. The molecule has 1 unspecified atom stereocenters. The van der Waals surface area contributed by atoms with Gasteiger partial charge in [0.2, 0.25) is 0 Å². The predicted molar refractivity (Wildman–Crippen MR) is 72.4 cm³/mol. The van der Waals surface area contributed by atoms with Gasteiger partial charge in [0.15, 0.2) is 0 Å². The zero-order valence-corrected chi connectivity index (χ0v) is 11.1. The highest BCUT2D eigenvalue weighted by atomic mass is 16.3. The van der Waals surface area contributed by atoms with Gasteiger partial charge in [-0.15, -0.1) is 0 Å².